The zero-order valence-electron chi connectivity index (χ0n) is 9.09. The van der Waals surface area contributed by atoms with Crippen LogP contribution in [0.25, 0.3) is 0 Å². The minimum Gasteiger partial charge on any atom is -0.370 e. The maximum absolute atomic E-state index is 13.1. The van der Waals surface area contributed by atoms with Gasteiger partial charge in [-0.1, -0.05) is 0 Å². The summed E-state index contributed by atoms with van der Waals surface area (Å²) in [6, 6.07) is 0. The number of ether oxygens (including phenoxy) is 1. The van der Waals surface area contributed by atoms with Gasteiger partial charge in [0.2, 0.25) is 5.95 Å². The molecule has 0 amide bonds. The zero-order chi connectivity index (χ0) is 13.6. The minimum absolute atomic E-state index is 0.0184. The Labute approximate surface area is 99.5 Å². The number of aromatic nitrogens is 2. The largest absolute Gasteiger partial charge is 0.411 e. The molecule has 0 radical (unpaired) electrons. The van der Waals surface area contributed by atoms with Crippen LogP contribution in [0.1, 0.15) is 0 Å². The summed E-state index contributed by atoms with van der Waals surface area (Å²) in [5.41, 5.74) is 2.11. The normalized spacial score (nSPS) is 11.4. The van der Waals surface area contributed by atoms with Crippen molar-refractivity contribution in [3.05, 3.63) is 12.0 Å². The van der Waals surface area contributed by atoms with Crippen LogP contribution in [-0.4, -0.2) is 35.9 Å². The number of hydrogen-bond donors (Lipinski definition) is 3. The molecule has 0 saturated carbocycles. The Morgan fingerprint density at radius 1 is 1.39 bits per heavy atom. The second-order valence-electron chi connectivity index (χ2n) is 3.13. The molecule has 0 saturated heterocycles. The topological polar surface area (TPSA) is 85.1 Å². The van der Waals surface area contributed by atoms with Gasteiger partial charge in [-0.15, -0.1) is 0 Å². The van der Waals surface area contributed by atoms with Crippen LogP contribution in [0.15, 0.2) is 6.20 Å². The average molecular weight is 269 g/mol. The Hall–Kier alpha value is -1.68. The lowest BCUT2D eigenvalue weighted by atomic mass is 10.5. The van der Waals surface area contributed by atoms with Crippen molar-refractivity contribution in [3.8, 4) is 0 Å². The monoisotopic (exact) mass is 269 g/mol. The molecule has 0 aliphatic heterocycles. The van der Waals surface area contributed by atoms with Gasteiger partial charge in [-0.2, -0.15) is 18.2 Å². The van der Waals surface area contributed by atoms with Gasteiger partial charge >= 0.3 is 6.18 Å². The van der Waals surface area contributed by atoms with Crippen LogP contribution in [0.5, 0.6) is 0 Å². The number of anilines is 2. The molecule has 0 fully saturated rings. The van der Waals surface area contributed by atoms with Crippen molar-refractivity contribution in [1.82, 2.24) is 9.97 Å². The van der Waals surface area contributed by atoms with Gasteiger partial charge in [0.15, 0.2) is 11.6 Å². The Morgan fingerprint density at radius 2 is 2.11 bits per heavy atom. The molecular formula is C8H11F4N5O. The lowest BCUT2D eigenvalue weighted by molar-refractivity contribution is -0.172. The molecule has 1 aromatic rings. The molecule has 0 aromatic carbocycles. The summed E-state index contributed by atoms with van der Waals surface area (Å²) in [4.78, 5) is 7.12. The lowest BCUT2D eigenvalue weighted by Crippen LogP contribution is -2.20. The van der Waals surface area contributed by atoms with Gasteiger partial charge in [-0.05, 0) is 0 Å². The van der Waals surface area contributed by atoms with Gasteiger partial charge in [0.25, 0.3) is 0 Å². The number of nitrogen functional groups attached to an aromatic ring is 1. The lowest BCUT2D eigenvalue weighted by Gasteiger charge is -2.09. The van der Waals surface area contributed by atoms with Crippen molar-refractivity contribution in [2.75, 3.05) is 30.5 Å². The molecule has 102 valence electrons. The third-order valence-electron chi connectivity index (χ3n) is 1.68. The molecule has 0 bridgehead atoms. The van der Waals surface area contributed by atoms with Crippen molar-refractivity contribution >= 4 is 11.8 Å². The van der Waals surface area contributed by atoms with Gasteiger partial charge in [0.05, 0.1) is 12.8 Å². The Morgan fingerprint density at radius 3 is 2.72 bits per heavy atom. The molecule has 4 N–H and O–H groups in total. The maximum atomic E-state index is 13.1. The summed E-state index contributed by atoms with van der Waals surface area (Å²) in [6.45, 7) is -1.63. The summed E-state index contributed by atoms with van der Waals surface area (Å²) >= 11 is 0. The molecule has 1 heterocycles. The van der Waals surface area contributed by atoms with E-state index in [1.165, 1.54) is 0 Å². The first kappa shape index (κ1) is 14.4. The molecule has 0 spiro atoms. The van der Waals surface area contributed by atoms with Crippen molar-refractivity contribution < 1.29 is 22.3 Å². The summed E-state index contributed by atoms with van der Waals surface area (Å²) in [7, 11) is 0. The highest BCUT2D eigenvalue weighted by atomic mass is 19.4. The molecule has 18 heavy (non-hydrogen) atoms. The predicted octanol–water partition coefficient (Wildman–Crippen LogP) is 0.892. The SMILES string of the molecule is NNc1ncc(F)c(NCCOCC(F)(F)F)n1. The van der Waals surface area contributed by atoms with E-state index in [2.05, 4.69) is 25.4 Å². The summed E-state index contributed by atoms with van der Waals surface area (Å²) in [6.07, 6.45) is -3.50. The van der Waals surface area contributed by atoms with Gasteiger partial charge in [0, 0.05) is 6.54 Å². The summed E-state index contributed by atoms with van der Waals surface area (Å²) in [5.74, 6) is 4.08. The van der Waals surface area contributed by atoms with Crippen LogP contribution < -0.4 is 16.6 Å². The number of nitrogens with one attached hydrogen (secondary N) is 2. The van der Waals surface area contributed by atoms with Gasteiger partial charge < -0.3 is 10.1 Å². The third-order valence-corrected chi connectivity index (χ3v) is 1.68. The predicted molar refractivity (Wildman–Crippen MR) is 55.2 cm³/mol. The highest BCUT2D eigenvalue weighted by molar-refractivity contribution is 5.40. The van der Waals surface area contributed by atoms with Gasteiger partial charge in [-0.25, -0.2) is 15.2 Å². The van der Waals surface area contributed by atoms with Gasteiger partial charge in [-0.3, -0.25) is 5.43 Å². The number of nitrogens with two attached hydrogens (primary N) is 1. The first-order valence-electron chi connectivity index (χ1n) is 4.80. The number of nitrogens with zero attached hydrogens (tertiary/aromatic N) is 2. The maximum Gasteiger partial charge on any atom is 0.411 e. The molecule has 1 aromatic heterocycles. The quantitative estimate of drug-likeness (QED) is 0.308. The van der Waals surface area contributed by atoms with E-state index in [1.54, 1.807) is 0 Å². The Bertz CT molecular complexity index is 386. The Kier molecular flexibility index (Phi) is 5.04. The molecule has 6 nitrogen and oxygen atoms in total. The number of rotatable bonds is 6. The fourth-order valence-electron chi connectivity index (χ4n) is 0.990. The molecule has 10 heteroatoms. The first-order chi connectivity index (χ1) is 8.42. The van der Waals surface area contributed by atoms with E-state index < -0.39 is 18.6 Å². The van der Waals surface area contributed by atoms with Gasteiger partial charge in [0.1, 0.15) is 6.61 Å². The van der Waals surface area contributed by atoms with E-state index in [0.29, 0.717) is 0 Å². The number of hydrogen-bond acceptors (Lipinski definition) is 6. The summed E-state index contributed by atoms with van der Waals surface area (Å²) < 4.78 is 52.6. The van der Waals surface area contributed by atoms with Crippen LogP contribution in [0, 0.1) is 5.82 Å². The van der Waals surface area contributed by atoms with Crippen molar-refractivity contribution in [2.24, 2.45) is 5.84 Å². The van der Waals surface area contributed by atoms with E-state index in [1.807, 2.05) is 0 Å². The van der Waals surface area contributed by atoms with E-state index in [0.717, 1.165) is 6.20 Å². The van der Waals surface area contributed by atoms with E-state index in [9.17, 15) is 17.6 Å². The highest BCUT2D eigenvalue weighted by Gasteiger charge is 2.27. The van der Waals surface area contributed by atoms with Crippen molar-refractivity contribution in [3.63, 3.8) is 0 Å². The Balaban J connectivity index is 2.35. The fourth-order valence-corrected chi connectivity index (χ4v) is 0.990. The number of alkyl halides is 3. The van der Waals surface area contributed by atoms with E-state index in [-0.39, 0.29) is 24.9 Å². The van der Waals surface area contributed by atoms with Crippen molar-refractivity contribution in [1.29, 1.82) is 0 Å². The average Bonchev–Trinajstić information content (AvgIpc) is 2.29. The molecule has 0 aliphatic rings. The van der Waals surface area contributed by atoms with Crippen LogP contribution in [0.3, 0.4) is 0 Å². The van der Waals surface area contributed by atoms with Crippen LogP contribution >= 0.6 is 0 Å². The fraction of sp³-hybridized carbons (Fsp3) is 0.500. The first-order valence-corrected chi connectivity index (χ1v) is 4.80. The standard InChI is InChI=1S/C8H11F4N5O/c9-5-3-15-7(17-13)16-6(5)14-1-2-18-4-8(10,11)12/h3H,1-2,4,13H2,(H2,14,15,16,17). The molecule has 0 aliphatic carbocycles. The highest BCUT2D eigenvalue weighted by Crippen LogP contribution is 2.14. The van der Waals surface area contributed by atoms with Crippen molar-refractivity contribution in [2.45, 2.75) is 6.18 Å². The smallest absolute Gasteiger partial charge is 0.370 e. The minimum atomic E-state index is -4.38. The third kappa shape index (κ3) is 5.10. The zero-order valence-corrected chi connectivity index (χ0v) is 9.09. The van der Waals surface area contributed by atoms with Crippen LogP contribution in [-0.2, 0) is 4.74 Å². The van der Waals surface area contributed by atoms with Crippen LogP contribution in [0.4, 0.5) is 29.3 Å². The molecular weight excluding hydrogens is 258 g/mol. The van der Waals surface area contributed by atoms with Crippen LogP contribution in [0.2, 0.25) is 0 Å². The van der Waals surface area contributed by atoms with E-state index >= 15 is 0 Å². The molecule has 0 atom stereocenters. The molecule has 1 rings (SSSR count). The number of hydrazine groups is 1. The second-order valence-corrected chi connectivity index (χ2v) is 3.13. The number of halogens is 4. The van der Waals surface area contributed by atoms with E-state index in [4.69, 9.17) is 5.84 Å². The second kappa shape index (κ2) is 6.31. The molecule has 0 unspecified atom stereocenters. The summed E-state index contributed by atoms with van der Waals surface area (Å²) in [5, 5.41) is 2.46.